The number of hydrogen-bond acceptors (Lipinski definition) is 8. The maximum Gasteiger partial charge on any atom is 0.319 e. The number of piperazine rings is 1. The van der Waals surface area contributed by atoms with Crippen LogP contribution in [0.3, 0.4) is 0 Å². The Labute approximate surface area is 234 Å². The first-order valence-corrected chi connectivity index (χ1v) is 13.7. The van der Waals surface area contributed by atoms with E-state index < -0.39 is 5.82 Å². The standard InChI is InChI=1S/C31H26FN7O2/c32-27-28(23-12-21(40)10-17-4-1-2-5-22(17)23)34-13-24-29(27)37-31(38-30(24)39-14-18-7-8-19(15-39)35-18)41-16-20-11-26-25(36-20)6-3-9-33-26/h1-6,9-13,18-19,35-36,40H,7-8,14-16H2. The topological polar surface area (TPSA) is 112 Å². The van der Waals surface area contributed by atoms with Gasteiger partial charge >= 0.3 is 6.01 Å². The van der Waals surface area contributed by atoms with Crippen LogP contribution in [0, 0.1) is 5.82 Å². The predicted octanol–water partition coefficient (Wildman–Crippen LogP) is 5.09. The fraction of sp³-hybridized carbons (Fsp3) is 0.226. The van der Waals surface area contributed by atoms with Crippen molar-refractivity contribution in [2.75, 3.05) is 18.0 Å². The van der Waals surface area contributed by atoms with Crippen LogP contribution in [0.15, 0.2) is 67.0 Å². The summed E-state index contributed by atoms with van der Waals surface area (Å²) in [7, 11) is 0. The molecule has 2 aromatic carbocycles. The van der Waals surface area contributed by atoms with E-state index in [2.05, 4.69) is 30.2 Å². The SMILES string of the molecule is Oc1cc(-c2ncc3c(N4CC5CCC(C4)N5)nc(OCc4cc5ncccc5[nH]4)nc3c2F)c2ccccc2c1. The Balaban J connectivity index is 1.25. The predicted molar refractivity (Wildman–Crippen MR) is 154 cm³/mol. The van der Waals surface area contributed by atoms with Crippen molar-refractivity contribution in [1.82, 2.24) is 30.2 Å². The molecule has 6 heterocycles. The molecule has 2 atom stereocenters. The lowest BCUT2D eigenvalue weighted by Gasteiger charge is -2.34. The number of ether oxygens (including phenoxy) is 1. The van der Waals surface area contributed by atoms with Crippen molar-refractivity contribution in [2.24, 2.45) is 0 Å². The number of phenols is 1. The van der Waals surface area contributed by atoms with Gasteiger partial charge in [-0.1, -0.05) is 24.3 Å². The first kappa shape index (κ1) is 24.0. The molecule has 204 valence electrons. The number of pyridine rings is 2. The number of aromatic nitrogens is 5. The third kappa shape index (κ3) is 4.18. The molecule has 2 aliphatic rings. The van der Waals surface area contributed by atoms with Crippen LogP contribution in [0.5, 0.6) is 11.8 Å². The lowest BCUT2D eigenvalue weighted by atomic mass is 10.0. The van der Waals surface area contributed by atoms with Gasteiger partial charge in [0.2, 0.25) is 0 Å². The second-order valence-electron chi connectivity index (χ2n) is 10.8. The number of phenolic OH excluding ortho intramolecular Hbond substituents is 1. The Kier molecular flexibility index (Phi) is 5.49. The number of anilines is 1. The van der Waals surface area contributed by atoms with Gasteiger partial charge in [-0.2, -0.15) is 9.97 Å². The van der Waals surface area contributed by atoms with Crippen LogP contribution in [-0.2, 0) is 6.61 Å². The largest absolute Gasteiger partial charge is 0.508 e. The Morgan fingerprint density at radius 2 is 1.83 bits per heavy atom. The van der Waals surface area contributed by atoms with E-state index in [1.807, 2.05) is 42.5 Å². The number of H-pyrrole nitrogens is 1. The number of hydrogen-bond donors (Lipinski definition) is 3. The third-order valence-electron chi connectivity index (χ3n) is 8.06. The lowest BCUT2D eigenvalue weighted by Crippen LogP contribution is -2.51. The molecule has 2 fully saturated rings. The molecule has 41 heavy (non-hydrogen) atoms. The molecule has 0 spiro atoms. The molecule has 2 aliphatic heterocycles. The second-order valence-corrected chi connectivity index (χ2v) is 10.8. The highest BCUT2D eigenvalue weighted by Gasteiger charge is 2.34. The van der Waals surface area contributed by atoms with Crippen molar-refractivity contribution in [1.29, 1.82) is 0 Å². The van der Waals surface area contributed by atoms with E-state index in [1.54, 1.807) is 18.5 Å². The van der Waals surface area contributed by atoms with Gasteiger partial charge < -0.3 is 25.0 Å². The lowest BCUT2D eigenvalue weighted by molar-refractivity contribution is 0.278. The second kappa shape index (κ2) is 9.38. The number of halogens is 1. The smallest absolute Gasteiger partial charge is 0.319 e. The highest BCUT2D eigenvalue weighted by atomic mass is 19.1. The zero-order valence-corrected chi connectivity index (χ0v) is 22.0. The van der Waals surface area contributed by atoms with Crippen molar-refractivity contribution in [3.8, 4) is 23.0 Å². The van der Waals surface area contributed by atoms with Crippen LogP contribution < -0.4 is 15.0 Å². The fourth-order valence-corrected chi connectivity index (χ4v) is 6.21. The van der Waals surface area contributed by atoms with E-state index in [0.717, 1.165) is 53.4 Å². The Morgan fingerprint density at radius 1 is 0.976 bits per heavy atom. The molecule has 0 radical (unpaired) electrons. The van der Waals surface area contributed by atoms with Gasteiger partial charge in [-0.25, -0.2) is 4.39 Å². The summed E-state index contributed by atoms with van der Waals surface area (Å²) in [5.41, 5.74) is 3.29. The maximum absolute atomic E-state index is 16.5. The van der Waals surface area contributed by atoms with Gasteiger partial charge in [-0.05, 0) is 53.9 Å². The van der Waals surface area contributed by atoms with Crippen molar-refractivity contribution >= 4 is 38.5 Å². The van der Waals surface area contributed by atoms with E-state index in [1.165, 1.54) is 6.07 Å². The van der Waals surface area contributed by atoms with Crippen LogP contribution >= 0.6 is 0 Å². The molecule has 2 bridgehead atoms. The minimum Gasteiger partial charge on any atom is -0.508 e. The average Bonchev–Trinajstić information content (AvgIpc) is 3.57. The zero-order chi connectivity index (χ0) is 27.5. The molecular weight excluding hydrogens is 521 g/mol. The van der Waals surface area contributed by atoms with Gasteiger partial charge in [0.1, 0.15) is 29.4 Å². The van der Waals surface area contributed by atoms with Crippen LogP contribution in [0.25, 0.3) is 44.0 Å². The molecule has 9 nitrogen and oxygen atoms in total. The number of fused-ring (bicyclic) bond motifs is 5. The summed E-state index contributed by atoms with van der Waals surface area (Å²) in [6, 6.07) is 17.3. The Hall–Kier alpha value is -4.83. The summed E-state index contributed by atoms with van der Waals surface area (Å²) in [6.07, 6.45) is 5.58. The van der Waals surface area contributed by atoms with E-state index in [-0.39, 0.29) is 29.6 Å². The van der Waals surface area contributed by atoms with Crippen LogP contribution in [0.1, 0.15) is 18.5 Å². The van der Waals surface area contributed by atoms with E-state index >= 15 is 4.39 Å². The molecule has 6 aromatic rings. The van der Waals surface area contributed by atoms with Crippen LogP contribution in [0.2, 0.25) is 0 Å². The maximum atomic E-state index is 16.5. The summed E-state index contributed by atoms with van der Waals surface area (Å²) < 4.78 is 22.5. The monoisotopic (exact) mass is 547 g/mol. The van der Waals surface area contributed by atoms with Gasteiger partial charge in [0.05, 0.1) is 22.1 Å². The summed E-state index contributed by atoms with van der Waals surface area (Å²) in [6.45, 7) is 1.69. The molecule has 2 unspecified atom stereocenters. The molecule has 8 rings (SSSR count). The number of nitrogens with one attached hydrogen (secondary N) is 2. The number of rotatable bonds is 5. The van der Waals surface area contributed by atoms with E-state index in [4.69, 9.17) is 9.72 Å². The number of aromatic amines is 1. The number of nitrogens with zero attached hydrogens (tertiary/aromatic N) is 5. The molecule has 2 saturated heterocycles. The number of benzene rings is 2. The minimum atomic E-state index is -0.584. The van der Waals surface area contributed by atoms with Crippen molar-refractivity contribution in [2.45, 2.75) is 31.5 Å². The summed E-state index contributed by atoms with van der Waals surface area (Å²) in [5, 5.41) is 16.1. The third-order valence-corrected chi connectivity index (χ3v) is 8.06. The van der Waals surface area contributed by atoms with Crippen molar-refractivity contribution in [3.05, 3.63) is 78.5 Å². The summed E-state index contributed by atoms with van der Waals surface area (Å²) in [5.74, 6) is 0.0663. The first-order valence-electron chi connectivity index (χ1n) is 13.7. The Morgan fingerprint density at radius 3 is 2.68 bits per heavy atom. The van der Waals surface area contributed by atoms with Crippen molar-refractivity contribution in [3.63, 3.8) is 0 Å². The quantitative estimate of drug-likeness (QED) is 0.274. The summed E-state index contributed by atoms with van der Waals surface area (Å²) >= 11 is 0. The molecule has 3 N–H and O–H groups in total. The summed E-state index contributed by atoms with van der Waals surface area (Å²) in [4.78, 5) is 23.8. The van der Waals surface area contributed by atoms with Gasteiger partial charge in [-0.3, -0.25) is 9.97 Å². The molecule has 0 amide bonds. The van der Waals surface area contributed by atoms with Gasteiger partial charge in [0, 0.05) is 43.1 Å². The highest BCUT2D eigenvalue weighted by molar-refractivity contribution is 5.99. The van der Waals surface area contributed by atoms with Gasteiger partial charge in [0.25, 0.3) is 0 Å². The van der Waals surface area contributed by atoms with Crippen LogP contribution in [0.4, 0.5) is 10.2 Å². The average molecular weight is 548 g/mol. The van der Waals surface area contributed by atoms with E-state index in [9.17, 15) is 5.11 Å². The van der Waals surface area contributed by atoms with Crippen molar-refractivity contribution < 1.29 is 14.2 Å². The Bertz CT molecular complexity index is 1910. The molecule has 0 aliphatic carbocycles. The molecule has 10 heteroatoms. The first-order chi connectivity index (χ1) is 20.1. The van der Waals surface area contributed by atoms with E-state index in [0.29, 0.717) is 28.9 Å². The number of aromatic hydroxyl groups is 1. The normalized spacial score (nSPS) is 18.5. The molecule has 0 saturated carbocycles. The molecule has 4 aromatic heterocycles. The molecular formula is C31H26FN7O2. The fourth-order valence-electron chi connectivity index (χ4n) is 6.21. The van der Waals surface area contributed by atoms with Gasteiger partial charge in [-0.15, -0.1) is 0 Å². The zero-order valence-electron chi connectivity index (χ0n) is 22.0. The highest BCUT2D eigenvalue weighted by Crippen LogP contribution is 2.37. The minimum absolute atomic E-state index is 0.0384. The van der Waals surface area contributed by atoms with Crippen LogP contribution in [-0.4, -0.2) is 55.2 Å². The van der Waals surface area contributed by atoms with Gasteiger partial charge in [0.15, 0.2) is 5.82 Å².